The molecule has 1 aliphatic heterocycles. The smallest absolute Gasteiger partial charge is 0.167 e. The number of carbonyl (C=O) groups excluding carboxylic acids is 1. The lowest BCUT2D eigenvalue weighted by atomic mass is 9.93. The monoisotopic (exact) mass is 275 g/mol. The molecule has 0 amide bonds. The van der Waals surface area contributed by atoms with E-state index >= 15 is 0 Å². The van der Waals surface area contributed by atoms with Crippen LogP contribution in [0.5, 0.6) is 0 Å². The minimum atomic E-state index is -0.0826. The molecule has 1 heterocycles. The third-order valence-corrected chi connectivity index (χ3v) is 4.11. The van der Waals surface area contributed by atoms with E-state index in [1.54, 1.807) is 0 Å². The first-order valence-electron chi connectivity index (χ1n) is 7.65. The second kappa shape index (κ2) is 7.55. The van der Waals surface area contributed by atoms with Gasteiger partial charge >= 0.3 is 0 Å². The molecule has 1 N–H and O–H groups in total. The largest absolute Gasteiger partial charge is 0.396 e. The van der Waals surface area contributed by atoms with Crippen molar-refractivity contribution in [1.29, 1.82) is 0 Å². The molecule has 1 fully saturated rings. The maximum atomic E-state index is 12.6. The van der Waals surface area contributed by atoms with E-state index in [9.17, 15) is 9.90 Å². The van der Waals surface area contributed by atoms with Crippen molar-refractivity contribution in [2.75, 3.05) is 26.2 Å². The quantitative estimate of drug-likeness (QED) is 0.811. The number of nitrogens with zero attached hydrogens (tertiary/aromatic N) is 1. The molecule has 1 atom stereocenters. The van der Waals surface area contributed by atoms with Gasteiger partial charge in [-0.2, -0.15) is 0 Å². The van der Waals surface area contributed by atoms with Gasteiger partial charge in [0.15, 0.2) is 5.78 Å². The Morgan fingerprint density at radius 3 is 2.45 bits per heavy atom. The van der Waals surface area contributed by atoms with Crippen molar-refractivity contribution in [2.45, 2.75) is 32.6 Å². The fraction of sp³-hybridized carbons (Fsp3) is 0.588. The van der Waals surface area contributed by atoms with Gasteiger partial charge in [-0.3, -0.25) is 4.79 Å². The molecule has 1 saturated heterocycles. The summed E-state index contributed by atoms with van der Waals surface area (Å²) in [4.78, 5) is 15.0. The van der Waals surface area contributed by atoms with Gasteiger partial charge in [-0.15, -0.1) is 0 Å². The van der Waals surface area contributed by atoms with Crippen LogP contribution in [0.2, 0.25) is 0 Å². The molecular formula is C17H25NO2. The standard InChI is InChI=1S/C17H25NO2/c1-14-5-7-15(8-6-14)17(20)16(9-12-19)13-18-10-3-2-4-11-18/h5-8,16,19H,2-4,9-13H2,1H3/t16-/m0/s1. The van der Waals surface area contributed by atoms with Gasteiger partial charge in [-0.25, -0.2) is 0 Å². The first-order valence-corrected chi connectivity index (χ1v) is 7.65. The maximum absolute atomic E-state index is 12.6. The summed E-state index contributed by atoms with van der Waals surface area (Å²) in [6, 6.07) is 7.75. The first kappa shape index (κ1) is 15.2. The molecule has 3 nitrogen and oxygen atoms in total. The van der Waals surface area contributed by atoms with Gasteiger partial charge in [-0.05, 0) is 39.3 Å². The van der Waals surface area contributed by atoms with Gasteiger partial charge in [0.2, 0.25) is 0 Å². The van der Waals surface area contributed by atoms with Gasteiger partial charge < -0.3 is 10.0 Å². The number of hydrogen-bond acceptors (Lipinski definition) is 3. The molecule has 0 unspecified atom stereocenters. The Labute approximate surface area is 121 Å². The highest BCUT2D eigenvalue weighted by Gasteiger charge is 2.23. The van der Waals surface area contributed by atoms with Gasteiger partial charge in [0.25, 0.3) is 0 Å². The van der Waals surface area contributed by atoms with Crippen LogP contribution >= 0.6 is 0 Å². The summed E-state index contributed by atoms with van der Waals surface area (Å²) in [5, 5.41) is 9.24. The first-order chi connectivity index (χ1) is 9.70. The molecule has 20 heavy (non-hydrogen) atoms. The second-order valence-corrected chi connectivity index (χ2v) is 5.80. The highest BCUT2D eigenvalue weighted by molar-refractivity contribution is 5.98. The SMILES string of the molecule is Cc1ccc(C(=O)[C@@H](CCO)CN2CCCCC2)cc1. The summed E-state index contributed by atoms with van der Waals surface area (Å²) in [7, 11) is 0. The Bertz CT molecular complexity index is 421. The molecular weight excluding hydrogens is 250 g/mol. The fourth-order valence-corrected chi connectivity index (χ4v) is 2.87. The van der Waals surface area contributed by atoms with Crippen LogP contribution in [0, 0.1) is 12.8 Å². The zero-order valence-electron chi connectivity index (χ0n) is 12.3. The predicted octanol–water partition coefficient (Wildman–Crippen LogP) is 2.66. The van der Waals surface area contributed by atoms with Crippen molar-refractivity contribution < 1.29 is 9.90 Å². The molecule has 0 spiro atoms. The molecule has 0 bridgehead atoms. The number of rotatable bonds is 6. The lowest BCUT2D eigenvalue weighted by Gasteiger charge is -2.29. The normalized spacial score (nSPS) is 17.9. The molecule has 0 radical (unpaired) electrons. The molecule has 2 rings (SSSR count). The van der Waals surface area contributed by atoms with Crippen LogP contribution in [0.25, 0.3) is 0 Å². The van der Waals surface area contributed by atoms with E-state index in [4.69, 9.17) is 0 Å². The lowest BCUT2D eigenvalue weighted by Crippen LogP contribution is -2.37. The summed E-state index contributed by atoms with van der Waals surface area (Å²) in [6.07, 6.45) is 4.31. The van der Waals surface area contributed by atoms with E-state index in [2.05, 4.69) is 4.90 Å². The van der Waals surface area contributed by atoms with Crippen LogP contribution in [-0.2, 0) is 0 Å². The number of likely N-dealkylation sites (tertiary alicyclic amines) is 1. The minimum absolute atomic E-state index is 0.0795. The Morgan fingerprint density at radius 1 is 1.20 bits per heavy atom. The number of benzene rings is 1. The molecule has 0 saturated carbocycles. The molecule has 1 aliphatic rings. The fourth-order valence-electron chi connectivity index (χ4n) is 2.87. The topological polar surface area (TPSA) is 40.5 Å². The number of piperidine rings is 1. The number of ketones is 1. The highest BCUT2D eigenvalue weighted by Crippen LogP contribution is 2.17. The van der Waals surface area contributed by atoms with Crippen LogP contribution in [0.15, 0.2) is 24.3 Å². The zero-order valence-corrected chi connectivity index (χ0v) is 12.3. The number of Topliss-reactive ketones (excluding diaryl/α,β-unsaturated/α-hetero) is 1. The average molecular weight is 275 g/mol. The maximum Gasteiger partial charge on any atom is 0.167 e. The van der Waals surface area contributed by atoms with Crippen LogP contribution < -0.4 is 0 Å². The number of carbonyl (C=O) groups is 1. The molecule has 110 valence electrons. The Hall–Kier alpha value is -1.19. The van der Waals surface area contributed by atoms with Crippen molar-refractivity contribution >= 4 is 5.78 Å². The van der Waals surface area contributed by atoms with Gasteiger partial charge in [-0.1, -0.05) is 36.2 Å². The van der Waals surface area contributed by atoms with E-state index in [0.717, 1.165) is 30.8 Å². The number of aliphatic hydroxyl groups is 1. The van der Waals surface area contributed by atoms with Gasteiger partial charge in [0.1, 0.15) is 0 Å². The number of hydrogen-bond donors (Lipinski definition) is 1. The van der Waals surface area contributed by atoms with E-state index in [-0.39, 0.29) is 18.3 Å². The zero-order chi connectivity index (χ0) is 14.4. The Morgan fingerprint density at radius 2 is 1.85 bits per heavy atom. The minimum Gasteiger partial charge on any atom is -0.396 e. The second-order valence-electron chi connectivity index (χ2n) is 5.80. The van der Waals surface area contributed by atoms with Crippen molar-refractivity contribution in [1.82, 2.24) is 4.90 Å². The summed E-state index contributed by atoms with van der Waals surface area (Å²) in [5.74, 6) is 0.0884. The van der Waals surface area contributed by atoms with Crippen molar-refractivity contribution in [3.05, 3.63) is 35.4 Å². The Kier molecular flexibility index (Phi) is 5.74. The lowest BCUT2D eigenvalue weighted by molar-refractivity contribution is 0.0833. The number of aryl methyl sites for hydroxylation is 1. The average Bonchev–Trinajstić information content (AvgIpc) is 2.48. The van der Waals surface area contributed by atoms with Crippen LogP contribution in [-0.4, -0.2) is 42.0 Å². The van der Waals surface area contributed by atoms with Crippen molar-refractivity contribution in [2.24, 2.45) is 5.92 Å². The van der Waals surface area contributed by atoms with E-state index in [0.29, 0.717) is 6.42 Å². The van der Waals surface area contributed by atoms with E-state index in [1.165, 1.54) is 19.3 Å². The van der Waals surface area contributed by atoms with Crippen LogP contribution in [0.3, 0.4) is 0 Å². The summed E-state index contributed by atoms with van der Waals surface area (Å²) in [6.45, 7) is 5.06. The summed E-state index contributed by atoms with van der Waals surface area (Å²) in [5.41, 5.74) is 1.93. The molecule has 0 aliphatic carbocycles. The Balaban J connectivity index is 2.02. The summed E-state index contributed by atoms with van der Waals surface area (Å²) >= 11 is 0. The third kappa shape index (κ3) is 4.15. The van der Waals surface area contributed by atoms with Crippen LogP contribution in [0.4, 0.5) is 0 Å². The van der Waals surface area contributed by atoms with Crippen LogP contribution in [0.1, 0.15) is 41.6 Å². The van der Waals surface area contributed by atoms with Crippen molar-refractivity contribution in [3.8, 4) is 0 Å². The molecule has 3 heteroatoms. The van der Waals surface area contributed by atoms with E-state index < -0.39 is 0 Å². The van der Waals surface area contributed by atoms with Gasteiger partial charge in [0, 0.05) is 24.6 Å². The van der Waals surface area contributed by atoms with Gasteiger partial charge in [0.05, 0.1) is 0 Å². The third-order valence-electron chi connectivity index (χ3n) is 4.11. The predicted molar refractivity (Wildman–Crippen MR) is 81.0 cm³/mol. The van der Waals surface area contributed by atoms with Crippen molar-refractivity contribution in [3.63, 3.8) is 0 Å². The highest BCUT2D eigenvalue weighted by atomic mass is 16.3. The molecule has 1 aromatic rings. The molecule has 1 aromatic carbocycles. The van der Waals surface area contributed by atoms with E-state index in [1.807, 2.05) is 31.2 Å². The summed E-state index contributed by atoms with van der Waals surface area (Å²) < 4.78 is 0. The molecule has 0 aromatic heterocycles. The number of aliphatic hydroxyl groups excluding tert-OH is 1.